The van der Waals surface area contributed by atoms with Gasteiger partial charge in [-0.05, 0) is 25.5 Å². The van der Waals surface area contributed by atoms with Crippen LogP contribution in [-0.4, -0.2) is 19.9 Å². The Morgan fingerprint density at radius 1 is 1.29 bits per heavy atom. The number of hydrogen-bond donors (Lipinski definition) is 2. The van der Waals surface area contributed by atoms with Crippen molar-refractivity contribution in [2.45, 2.75) is 31.7 Å². The number of aromatic nitrogens is 1. The fourth-order valence-corrected chi connectivity index (χ4v) is 3.76. The maximum atomic E-state index is 12.3. The van der Waals surface area contributed by atoms with E-state index in [4.69, 9.17) is 0 Å². The smallest absolute Gasteiger partial charge is 0.242 e. The van der Waals surface area contributed by atoms with E-state index in [1.54, 1.807) is 29.5 Å². The Hall–Kier alpha value is -1.44. The zero-order valence-corrected chi connectivity index (χ0v) is 13.7. The largest absolute Gasteiger partial charge is 0.378 e. The molecule has 0 amide bonds. The number of rotatable bonds is 7. The molecule has 5 nitrogen and oxygen atoms in total. The average Bonchev–Trinajstić information content (AvgIpc) is 2.89. The molecule has 21 heavy (non-hydrogen) atoms. The second kappa shape index (κ2) is 7.02. The normalized spacial score (nSPS) is 11.5. The maximum absolute atomic E-state index is 12.3. The first-order chi connectivity index (χ1) is 10.0. The minimum atomic E-state index is -3.48. The monoisotopic (exact) mass is 325 g/mol. The van der Waals surface area contributed by atoms with Crippen LogP contribution in [0.3, 0.4) is 0 Å². The van der Waals surface area contributed by atoms with E-state index in [2.05, 4.69) is 15.0 Å². The van der Waals surface area contributed by atoms with Crippen molar-refractivity contribution in [2.24, 2.45) is 0 Å². The summed E-state index contributed by atoms with van der Waals surface area (Å²) in [5.74, 6) is 0. The SMILES string of the molecule is CCCNS(=O)(=O)c1ccccc1NCc1csc(C)n1. The summed E-state index contributed by atoms with van der Waals surface area (Å²) in [6.45, 7) is 4.81. The third-order valence-electron chi connectivity index (χ3n) is 2.85. The summed E-state index contributed by atoms with van der Waals surface area (Å²) in [6.07, 6.45) is 0.757. The van der Waals surface area contributed by atoms with Crippen molar-refractivity contribution >= 4 is 27.0 Å². The van der Waals surface area contributed by atoms with Crippen LogP contribution in [0, 0.1) is 6.92 Å². The van der Waals surface area contributed by atoms with Crippen LogP contribution in [-0.2, 0) is 16.6 Å². The number of para-hydroxylation sites is 1. The van der Waals surface area contributed by atoms with E-state index in [1.807, 2.05) is 25.3 Å². The summed E-state index contributed by atoms with van der Waals surface area (Å²) in [7, 11) is -3.48. The molecule has 0 unspecified atom stereocenters. The lowest BCUT2D eigenvalue weighted by molar-refractivity contribution is 0.581. The van der Waals surface area contributed by atoms with E-state index in [-0.39, 0.29) is 4.90 Å². The molecule has 0 aliphatic carbocycles. The van der Waals surface area contributed by atoms with Crippen LogP contribution in [0.15, 0.2) is 34.5 Å². The van der Waals surface area contributed by atoms with Gasteiger partial charge in [0.25, 0.3) is 0 Å². The van der Waals surface area contributed by atoms with Crippen LogP contribution >= 0.6 is 11.3 Å². The molecule has 7 heteroatoms. The number of sulfonamides is 1. The van der Waals surface area contributed by atoms with E-state index >= 15 is 0 Å². The molecule has 0 atom stereocenters. The van der Waals surface area contributed by atoms with Crippen LogP contribution in [0.5, 0.6) is 0 Å². The predicted octanol–water partition coefficient (Wildman–Crippen LogP) is 2.75. The van der Waals surface area contributed by atoms with E-state index in [1.165, 1.54) is 0 Å². The minimum absolute atomic E-state index is 0.269. The molecule has 0 aliphatic heterocycles. The molecule has 2 aromatic rings. The Bertz CT molecular complexity index is 696. The number of aryl methyl sites for hydroxylation is 1. The van der Waals surface area contributed by atoms with Crippen molar-refractivity contribution < 1.29 is 8.42 Å². The first kappa shape index (κ1) is 15.9. The molecule has 1 aromatic carbocycles. The van der Waals surface area contributed by atoms with Crippen LogP contribution in [0.4, 0.5) is 5.69 Å². The van der Waals surface area contributed by atoms with Crippen LogP contribution in [0.1, 0.15) is 24.0 Å². The molecule has 1 heterocycles. The van der Waals surface area contributed by atoms with Gasteiger partial charge in [0.2, 0.25) is 10.0 Å². The molecule has 0 radical (unpaired) electrons. The highest BCUT2D eigenvalue weighted by atomic mass is 32.2. The molecule has 1 aromatic heterocycles. The zero-order valence-electron chi connectivity index (χ0n) is 12.1. The quantitative estimate of drug-likeness (QED) is 0.821. The fourth-order valence-electron chi connectivity index (χ4n) is 1.84. The van der Waals surface area contributed by atoms with Crippen LogP contribution in [0.2, 0.25) is 0 Å². The van der Waals surface area contributed by atoms with Gasteiger partial charge in [-0.2, -0.15) is 0 Å². The van der Waals surface area contributed by atoms with Crippen LogP contribution < -0.4 is 10.0 Å². The number of nitrogens with one attached hydrogen (secondary N) is 2. The lowest BCUT2D eigenvalue weighted by Gasteiger charge is -2.12. The topological polar surface area (TPSA) is 71.1 Å². The highest BCUT2D eigenvalue weighted by molar-refractivity contribution is 7.89. The third kappa shape index (κ3) is 4.26. The summed E-state index contributed by atoms with van der Waals surface area (Å²) >= 11 is 1.58. The molecule has 0 spiro atoms. The number of hydrogen-bond acceptors (Lipinski definition) is 5. The molecule has 0 saturated carbocycles. The van der Waals surface area contributed by atoms with Gasteiger partial charge in [-0.1, -0.05) is 19.1 Å². The van der Waals surface area contributed by atoms with Gasteiger partial charge in [-0.15, -0.1) is 11.3 Å². The summed E-state index contributed by atoms with van der Waals surface area (Å²) < 4.78 is 27.1. The molecule has 0 fully saturated rings. The standard InChI is InChI=1S/C14H19N3O2S2/c1-3-8-16-21(18,19)14-7-5-4-6-13(14)15-9-12-10-20-11(2)17-12/h4-7,10,15-16H,3,8-9H2,1-2H3. The Balaban J connectivity index is 2.16. The van der Waals surface area contributed by atoms with Gasteiger partial charge in [-0.25, -0.2) is 18.1 Å². The van der Waals surface area contributed by atoms with E-state index in [0.29, 0.717) is 18.8 Å². The first-order valence-electron chi connectivity index (χ1n) is 6.76. The number of benzene rings is 1. The second-order valence-corrected chi connectivity index (χ2v) is 7.40. The Morgan fingerprint density at radius 3 is 2.71 bits per heavy atom. The Kier molecular flexibility index (Phi) is 5.33. The highest BCUT2D eigenvalue weighted by Crippen LogP contribution is 2.21. The van der Waals surface area contributed by atoms with E-state index in [0.717, 1.165) is 17.1 Å². The maximum Gasteiger partial charge on any atom is 0.242 e. The summed E-state index contributed by atoms with van der Waals surface area (Å²) in [4.78, 5) is 4.63. The van der Waals surface area contributed by atoms with Gasteiger partial charge >= 0.3 is 0 Å². The van der Waals surface area contributed by atoms with Gasteiger partial charge in [0.15, 0.2) is 0 Å². The lowest BCUT2D eigenvalue weighted by atomic mass is 10.3. The van der Waals surface area contributed by atoms with E-state index in [9.17, 15) is 8.42 Å². The molecule has 0 saturated heterocycles. The van der Waals surface area contributed by atoms with Crippen LogP contribution in [0.25, 0.3) is 0 Å². The average molecular weight is 325 g/mol. The summed E-state index contributed by atoms with van der Waals surface area (Å²) in [6, 6.07) is 6.90. The minimum Gasteiger partial charge on any atom is -0.378 e. The number of anilines is 1. The number of nitrogens with zero attached hydrogens (tertiary/aromatic N) is 1. The molecular formula is C14H19N3O2S2. The highest BCUT2D eigenvalue weighted by Gasteiger charge is 2.17. The fraction of sp³-hybridized carbons (Fsp3) is 0.357. The first-order valence-corrected chi connectivity index (χ1v) is 9.13. The molecular weight excluding hydrogens is 306 g/mol. The van der Waals surface area contributed by atoms with Gasteiger partial charge in [0, 0.05) is 11.9 Å². The van der Waals surface area contributed by atoms with E-state index < -0.39 is 10.0 Å². The Morgan fingerprint density at radius 2 is 2.05 bits per heavy atom. The predicted molar refractivity (Wildman–Crippen MR) is 86.1 cm³/mol. The molecule has 2 rings (SSSR count). The Labute approximate surface area is 129 Å². The van der Waals surface area contributed by atoms with Crippen molar-refractivity contribution in [3.05, 3.63) is 40.3 Å². The number of thiazole rings is 1. The second-order valence-electron chi connectivity index (χ2n) is 4.61. The van der Waals surface area contributed by atoms with Crippen molar-refractivity contribution in [3.8, 4) is 0 Å². The van der Waals surface area contributed by atoms with Crippen molar-refractivity contribution in [2.75, 3.05) is 11.9 Å². The van der Waals surface area contributed by atoms with Gasteiger partial charge in [0.1, 0.15) is 4.90 Å². The molecule has 0 bridgehead atoms. The summed E-state index contributed by atoms with van der Waals surface area (Å²) in [5.41, 5.74) is 1.50. The van der Waals surface area contributed by atoms with Crippen molar-refractivity contribution in [3.63, 3.8) is 0 Å². The van der Waals surface area contributed by atoms with Gasteiger partial charge < -0.3 is 5.32 Å². The molecule has 0 aliphatic rings. The van der Waals surface area contributed by atoms with Gasteiger partial charge in [-0.3, -0.25) is 0 Å². The van der Waals surface area contributed by atoms with Gasteiger partial charge in [0.05, 0.1) is 22.9 Å². The third-order valence-corrected chi connectivity index (χ3v) is 5.19. The zero-order chi connectivity index (χ0) is 15.3. The lowest BCUT2D eigenvalue weighted by Crippen LogP contribution is -2.25. The van der Waals surface area contributed by atoms with Crippen molar-refractivity contribution in [1.29, 1.82) is 0 Å². The molecule has 114 valence electrons. The summed E-state index contributed by atoms with van der Waals surface area (Å²) in [5, 5.41) is 6.11. The molecule has 2 N–H and O–H groups in total. The van der Waals surface area contributed by atoms with Crippen molar-refractivity contribution in [1.82, 2.24) is 9.71 Å².